The van der Waals surface area contributed by atoms with E-state index in [-0.39, 0.29) is 10.7 Å². The lowest BCUT2D eigenvalue weighted by molar-refractivity contribution is -0.115. The number of nitrogens with one attached hydrogen (secondary N) is 1. The number of halogens is 1. The molecule has 18 heavy (non-hydrogen) atoms. The van der Waals surface area contributed by atoms with Crippen LogP contribution in [0.25, 0.3) is 0 Å². The lowest BCUT2D eigenvalue weighted by Gasteiger charge is -2.15. The second-order valence-corrected chi connectivity index (χ2v) is 5.75. The first kappa shape index (κ1) is 15.0. The van der Waals surface area contributed by atoms with Gasteiger partial charge in [-0.3, -0.25) is 4.79 Å². The largest absolute Gasteiger partial charge is 0.495 e. The maximum atomic E-state index is 11.7. The number of nitrogens with zero attached hydrogens (tertiary/aromatic N) is 1. The summed E-state index contributed by atoms with van der Waals surface area (Å²) in [7, 11) is 5.60. The van der Waals surface area contributed by atoms with Crippen LogP contribution in [0.5, 0.6) is 5.75 Å². The highest BCUT2D eigenvalue weighted by Gasteiger charge is 2.12. The van der Waals surface area contributed by atoms with Crippen LogP contribution in [0.1, 0.15) is 12.5 Å². The molecule has 1 atom stereocenters. The van der Waals surface area contributed by atoms with E-state index in [0.29, 0.717) is 11.4 Å². The zero-order valence-electron chi connectivity index (χ0n) is 11.2. The summed E-state index contributed by atoms with van der Waals surface area (Å²) < 4.78 is 5.24. The first-order chi connectivity index (χ1) is 8.43. The summed E-state index contributed by atoms with van der Waals surface area (Å²) in [5, 5.41) is 2.85. The van der Waals surface area contributed by atoms with E-state index >= 15 is 0 Å². The summed E-state index contributed by atoms with van der Waals surface area (Å²) in [6.45, 7) is 2.60. The third-order valence-corrected chi connectivity index (χ3v) is 2.80. The monoisotopic (exact) mass is 314 g/mol. The van der Waals surface area contributed by atoms with Crippen LogP contribution in [0.4, 0.5) is 5.69 Å². The number of anilines is 1. The Balaban J connectivity index is 2.95. The molecule has 0 heterocycles. The molecular formula is C13H19BrN2O2. The molecule has 5 heteroatoms. The Morgan fingerprint density at radius 3 is 2.67 bits per heavy atom. The molecule has 0 radical (unpaired) electrons. The molecule has 0 saturated carbocycles. The van der Waals surface area contributed by atoms with Gasteiger partial charge in [0.15, 0.2) is 0 Å². The van der Waals surface area contributed by atoms with Gasteiger partial charge in [0.25, 0.3) is 0 Å². The quantitative estimate of drug-likeness (QED) is 0.849. The van der Waals surface area contributed by atoms with E-state index in [1.54, 1.807) is 14.0 Å². The molecule has 100 valence electrons. The van der Waals surface area contributed by atoms with Crippen LogP contribution in [-0.2, 0) is 11.3 Å². The molecule has 0 aromatic heterocycles. The van der Waals surface area contributed by atoms with Gasteiger partial charge in [0.1, 0.15) is 5.75 Å². The van der Waals surface area contributed by atoms with Crippen LogP contribution in [0, 0.1) is 0 Å². The molecule has 4 nitrogen and oxygen atoms in total. The second kappa shape index (κ2) is 6.75. The van der Waals surface area contributed by atoms with Crippen LogP contribution in [-0.4, -0.2) is 36.8 Å². The SMILES string of the molecule is COc1ccc(CN(C)C)cc1NC(=O)C(C)Br. The first-order valence-electron chi connectivity index (χ1n) is 5.70. The van der Waals surface area contributed by atoms with Gasteiger partial charge in [0.2, 0.25) is 5.91 Å². The topological polar surface area (TPSA) is 41.6 Å². The number of carbonyl (C=O) groups excluding carboxylic acids is 1. The Labute approximate surface area is 116 Å². The van der Waals surface area contributed by atoms with Crippen LogP contribution in [0.2, 0.25) is 0 Å². The fourth-order valence-electron chi connectivity index (χ4n) is 1.55. The molecule has 1 aromatic carbocycles. The standard InChI is InChI=1S/C13H19BrN2O2/c1-9(14)13(17)15-11-7-10(8-16(2)3)5-6-12(11)18-4/h5-7,9H,8H2,1-4H3,(H,15,17). The van der Waals surface area contributed by atoms with E-state index < -0.39 is 0 Å². The predicted octanol–water partition coefficient (Wildman–Crippen LogP) is 2.48. The molecule has 0 aliphatic heterocycles. The zero-order chi connectivity index (χ0) is 13.7. The van der Waals surface area contributed by atoms with E-state index in [9.17, 15) is 4.79 Å². The maximum absolute atomic E-state index is 11.7. The summed E-state index contributed by atoms with van der Waals surface area (Å²) in [5.74, 6) is 0.578. The van der Waals surface area contributed by atoms with Crippen molar-refractivity contribution in [3.05, 3.63) is 23.8 Å². The Morgan fingerprint density at radius 2 is 2.17 bits per heavy atom. The van der Waals surface area contributed by atoms with E-state index in [1.807, 2.05) is 32.3 Å². The Hall–Kier alpha value is -1.07. The van der Waals surface area contributed by atoms with Gasteiger partial charge in [-0.25, -0.2) is 0 Å². The van der Waals surface area contributed by atoms with Crippen LogP contribution in [0.15, 0.2) is 18.2 Å². The summed E-state index contributed by atoms with van der Waals surface area (Å²) in [6.07, 6.45) is 0. The Bertz CT molecular complexity index is 419. The van der Waals surface area contributed by atoms with Crippen molar-refractivity contribution in [1.29, 1.82) is 0 Å². The van der Waals surface area contributed by atoms with Gasteiger partial charge in [-0.2, -0.15) is 0 Å². The number of hydrogen-bond acceptors (Lipinski definition) is 3. The molecule has 1 N–H and O–H groups in total. The summed E-state index contributed by atoms with van der Waals surface area (Å²) in [5.41, 5.74) is 1.83. The minimum absolute atomic E-state index is 0.0877. The molecule has 1 rings (SSSR count). The average molecular weight is 315 g/mol. The average Bonchev–Trinajstić information content (AvgIpc) is 2.28. The second-order valence-electron chi connectivity index (χ2n) is 4.38. The zero-order valence-corrected chi connectivity index (χ0v) is 12.7. The number of carbonyl (C=O) groups is 1. The number of hydrogen-bond donors (Lipinski definition) is 1. The number of alkyl halides is 1. The Kier molecular flexibility index (Phi) is 5.62. The van der Waals surface area contributed by atoms with E-state index in [0.717, 1.165) is 12.1 Å². The van der Waals surface area contributed by atoms with Gasteiger partial charge in [-0.1, -0.05) is 22.0 Å². The third-order valence-electron chi connectivity index (χ3n) is 2.38. The van der Waals surface area contributed by atoms with Gasteiger partial charge in [-0.05, 0) is 38.7 Å². The normalized spacial score (nSPS) is 12.3. The minimum Gasteiger partial charge on any atom is -0.495 e. The van der Waals surface area contributed by atoms with Crippen molar-refractivity contribution in [3.8, 4) is 5.75 Å². The molecule has 0 spiro atoms. The number of ether oxygens (including phenoxy) is 1. The van der Waals surface area contributed by atoms with Gasteiger partial charge in [0, 0.05) is 6.54 Å². The molecule has 1 aromatic rings. The molecular weight excluding hydrogens is 296 g/mol. The summed E-state index contributed by atoms with van der Waals surface area (Å²) in [4.78, 5) is 13.5. The van der Waals surface area contributed by atoms with E-state index in [1.165, 1.54) is 0 Å². The van der Waals surface area contributed by atoms with Gasteiger partial charge < -0.3 is 15.0 Å². The van der Waals surface area contributed by atoms with Gasteiger partial charge >= 0.3 is 0 Å². The third kappa shape index (κ3) is 4.31. The lowest BCUT2D eigenvalue weighted by atomic mass is 10.1. The first-order valence-corrected chi connectivity index (χ1v) is 6.62. The fourth-order valence-corrected chi connectivity index (χ4v) is 1.66. The number of amides is 1. The van der Waals surface area contributed by atoms with Crippen molar-refractivity contribution >= 4 is 27.5 Å². The molecule has 0 saturated heterocycles. The van der Waals surface area contributed by atoms with E-state index in [4.69, 9.17) is 4.74 Å². The van der Waals surface area contributed by atoms with Gasteiger partial charge in [-0.15, -0.1) is 0 Å². The molecule has 1 unspecified atom stereocenters. The highest BCUT2D eigenvalue weighted by molar-refractivity contribution is 9.10. The molecule has 0 bridgehead atoms. The summed E-state index contributed by atoms with van der Waals surface area (Å²) in [6, 6.07) is 5.80. The van der Waals surface area contributed by atoms with Crippen molar-refractivity contribution in [1.82, 2.24) is 4.90 Å². The van der Waals surface area contributed by atoms with Crippen molar-refractivity contribution in [2.45, 2.75) is 18.3 Å². The number of benzene rings is 1. The van der Waals surface area contributed by atoms with Crippen molar-refractivity contribution < 1.29 is 9.53 Å². The summed E-state index contributed by atoms with van der Waals surface area (Å²) >= 11 is 3.24. The van der Waals surface area contributed by atoms with Crippen LogP contribution in [0.3, 0.4) is 0 Å². The number of methoxy groups -OCH3 is 1. The molecule has 0 aliphatic carbocycles. The fraction of sp³-hybridized carbons (Fsp3) is 0.462. The van der Waals surface area contributed by atoms with Gasteiger partial charge in [0.05, 0.1) is 17.6 Å². The van der Waals surface area contributed by atoms with Crippen molar-refractivity contribution in [2.24, 2.45) is 0 Å². The number of rotatable bonds is 5. The lowest BCUT2D eigenvalue weighted by Crippen LogP contribution is -2.20. The highest BCUT2D eigenvalue weighted by Crippen LogP contribution is 2.26. The highest BCUT2D eigenvalue weighted by atomic mass is 79.9. The van der Waals surface area contributed by atoms with Crippen LogP contribution >= 0.6 is 15.9 Å². The van der Waals surface area contributed by atoms with E-state index in [2.05, 4.69) is 26.1 Å². The smallest absolute Gasteiger partial charge is 0.237 e. The molecule has 0 fully saturated rings. The molecule has 1 amide bonds. The Morgan fingerprint density at radius 1 is 1.50 bits per heavy atom. The predicted molar refractivity (Wildman–Crippen MR) is 77.4 cm³/mol. The van der Waals surface area contributed by atoms with Crippen LogP contribution < -0.4 is 10.1 Å². The van der Waals surface area contributed by atoms with Crippen molar-refractivity contribution in [3.63, 3.8) is 0 Å². The van der Waals surface area contributed by atoms with Crippen molar-refractivity contribution in [2.75, 3.05) is 26.5 Å². The maximum Gasteiger partial charge on any atom is 0.237 e. The molecule has 0 aliphatic rings. The minimum atomic E-state index is -0.236.